The third-order valence-corrected chi connectivity index (χ3v) is 3.70. The summed E-state index contributed by atoms with van der Waals surface area (Å²) in [6, 6.07) is 3.71. The van der Waals surface area contributed by atoms with Gasteiger partial charge in [0.15, 0.2) is 17.0 Å². The van der Waals surface area contributed by atoms with Crippen LogP contribution >= 0.6 is 11.3 Å². The summed E-state index contributed by atoms with van der Waals surface area (Å²) in [5.74, 6) is 1.27. The molecule has 3 N–H and O–H groups in total. The van der Waals surface area contributed by atoms with Crippen molar-refractivity contribution in [2.24, 2.45) is 0 Å². The van der Waals surface area contributed by atoms with E-state index >= 15 is 0 Å². The number of anilines is 3. The van der Waals surface area contributed by atoms with Gasteiger partial charge in [-0.2, -0.15) is 21.3 Å². The predicted molar refractivity (Wildman–Crippen MR) is 84.3 cm³/mol. The number of fused-ring (bicyclic) bond motifs is 1. The lowest BCUT2D eigenvalue weighted by Crippen LogP contribution is -2.04. The maximum atomic E-state index is 5.98. The molecule has 0 spiro atoms. The number of nitrogen functional groups attached to an aromatic ring is 1. The summed E-state index contributed by atoms with van der Waals surface area (Å²) in [6.45, 7) is 0. The van der Waals surface area contributed by atoms with E-state index in [1.807, 2.05) is 21.4 Å². The summed E-state index contributed by atoms with van der Waals surface area (Å²) in [5, 5.41) is 7.01. The number of hydrogen-bond donors (Lipinski definition) is 2. The van der Waals surface area contributed by atoms with Crippen LogP contribution in [0.2, 0.25) is 0 Å². The number of nitrogens with zero attached hydrogens (tertiary/aromatic N) is 6. The summed E-state index contributed by atoms with van der Waals surface area (Å²) in [5.41, 5.74) is 8.18. The van der Waals surface area contributed by atoms with Gasteiger partial charge in [-0.15, -0.1) is 0 Å². The first kappa shape index (κ1) is 12.7. The Labute approximate surface area is 128 Å². The van der Waals surface area contributed by atoms with Gasteiger partial charge in [-0.1, -0.05) is 0 Å². The molecule has 9 heteroatoms. The Morgan fingerprint density at radius 3 is 2.91 bits per heavy atom. The van der Waals surface area contributed by atoms with Crippen LogP contribution in [0.3, 0.4) is 0 Å². The Morgan fingerprint density at radius 1 is 1.18 bits per heavy atom. The minimum atomic E-state index is 0.315. The van der Waals surface area contributed by atoms with Gasteiger partial charge in [-0.3, -0.25) is 4.57 Å². The van der Waals surface area contributed by atoms with E-state index in [1.54, 1.807) is 29.9 Å². The lowest BCUT2D eigenvalue weighted by molar-refractivity contribution is 1.07. The summed E-state index contributed by atoms with van der Waals surface area (Å²) in [7, 11) is 0. The van der Waals surface area contributed by atoms with Gasteiger partial charge < -0.3 is 11.1 Å². The largest absolute Gasteiger partial charge is 0.382 e. The van der Waals surface area contributed by atoms with E-state index in [-0.39, 0.29) is 0 Å². The smallest absolute Gasteiger partial charge is 0.232 e. The number of nitrogens with two attached hydrogens (primary N) is 1. The third kappa shape index (κ3) is 2.13. The molecule has 0 saturated carbocycles. The zero-order valence-corrected chi connectivity index (χ0v) is 12.0. The van der Waals surface area contributed by atoms with Gasteiger partial charge in [-0.25, -0.2) is 15.0 Å². The molecule has 0 aliphatic carbocycles. The number of rotatable bonds is 3. The molecule has 0 unspecified atom stereocenters. The molecular formula is C13H10N8S. The normalized spacial score (nSPS) is 10.9. The summed E-state index contributed by atoms with van der Waals surface area (Å²) < 4.78 is 1.87. The molecule has 0 amide bonds. The zero-order valence-electron chi connectivity index (χ0n) is 11.2. The Kier molecular flexibility index (Phi) is 2.90. The molecule has 108 valence electrons. The van der Waals surface area contributed by atoms with Gasteiger partial charge >= 0.3 is 0 Å². The molecule has 22 heavy (non-hydrogen) atoms. The molecule has 0 atom stereocenters. The molecule has 4 heterocycles. The number of imidazole rings is 1. The number of nitrogens with one attached hydrogen (secondary N) is 1. The first-order valence-corrected chi connectivity index (χ1v) is 7.32. The average Bonchev–Trinajstić information content (AvgIpc) is 3.17. The van der Waals surface area contributed by atoms with Gasteiger partial charge in [0, 0.05) is 11.6 Å². The summed E-state index contributed by atoms with van der Waals surface area (Å²) >= 11 is 1.60. The summed E-state index contributed by atoms with van der Waals surface area (Å²) in [6.07, 6.45) is 4.76. The first-order chi connectivity index (χ1) is 10.8. The van der Waals surface area contributed by atoms with E-state index in [2.05, 4.69) is 30.2 Å². The SMILES string of the molecule is Nc1nc(Nc2ccncn2)nc2c1ncn2-c1ccsc1. The van der Waals surface area contributed by atoms with Gasteiger partial charge in [0.05, 0.1) is 5.69 Å². The highest BCUT2D eigenvalue weighted by atomic mass is 32.1. The second kappa shape index (κ2) is 5.04. The van der Waals surface area contributed by atoms with E-state index < -0.39 is 0 Å². The number of aromatic nitrogens is 6. The van der Waals surface area contributed by atoms with Crippen molar-refractivity contribution in [1.82, 2.24) is 29.5 Å². The minimum Gasteiger partial charge on any atom is -0.382 e. The highest BCUT2D eigenvalue weighted by Crippen LogP contribution is 2.23. The van der Waals surface area contributed by atoms with Crippen LogP contribution < -0.4 is 11.1 Å². The monoisotopic (exact) mass is 310 g/mol. The Morgan fingerprint density at radius 2 is 2.14 bits per heavy atom. The first-order valence-electron chi connectivity index (χ1n) is 6.37. The van der Waals surface area contributed by atoms with E-state index in [1.165, 1.54) is 6.33 Å². The lowest BCUT2D eigenvalue weighted by Gasteiger charge is -2.06. The highest BCUT2D eigenvalue weighted by molar-refractivity contribution is 7.08. The Balaban J connectivity index is 1.82. The van der Waals surface area contributed by atoms with Crippen molar-refractivity contribution in [3.63, 3.8) is 0 Å². The molecule has 0 radical (unpaired) electrons. The van der Waals surface area contributed by atoms with Crippen molar-refractivity contribution in [1.29, 1.82) is 0 Å². The van der Waals surface area contributed by atoms with E-state index in [0.717, 1.165) is 5.69 Å². The fraction of sp³-hybridized carbons (Fsp3) is 0. The molecule has 4 rings (SSSR count). The summed E-state index contributed by atoms with van der Waals surface area (Å²) in [4.78, 5) is 20.9. The van der Waals surface area contributed by atoms with Crippen molar-refractivity contribution in [3.8, 4) is 5.69 Å². The van der Waals surface area contributed by atoms with Crippen LogP contribution in [0.15, 0.2) is 41.7 Å². The van der Waals surface area contributed by atoms with E-state index in [9.17, 15) is 0 Å². The molecule has 0 aliphatic heterocycles. The standard InChI is InChI=1S/C13H10N8S/c14-11-10-12(21(7-17-10)8-2-4-22-5-8)20-13(19-11)18-9-1-3-15-6-16-9/h1-7H,(H3,14,15,16,18,19,20). The van der Waals surface area contributed by atoms with E-state index in [4.69, 9.17) is 5.73 Å². The van der Waals surface area contributed by atoms with Crippen LogP contribution in [-0.2, 0) is 0 Å². The quantitative estimate of drug-likeness (QED) is 0.595. The predicted octanol–water partition coefficient (Wildman–Crippen LogP) is 1.99. The van der Waals surface area contributed by atoms with Crippen LogP contribution in [0.1, 0.15) is 0 Å². The maximum Gasteiger partial charge on any atom is 0.232 e. The second-order valence-corrected chi connectivity index (χ2v) is 5.20. The van der Waals surface area contributed by atoms with Crippen molar-refractivity contribution >= 4 is 40.1 Å². The zero-order chi connectivity index (χ0) is 14.9. The van der Waals surface area contributed by atoms with Crippen molar-refractivity contribution in [2.45, 2.75) is 0 Å². The lowest BCUT2D eigenvalue weighted by atomic mass is 10.4. The van der Waals surface area contributed by atoms with Gasteiger partial charge in [0.25, 0.3) is 0 Å². The second-order valence-electron chi connectivity index (χ2n) is 4.42. The molecular weight excluding hydrogens is 300 g/mol. The molecule has 0 saturated heterocycles. The average molecular weight is 310 g/mol. The number of thiophene rings is 1. The van der Waals surface area contributed by atoms with Gasteiger partial charge in [-0.05, 0) is 17.5 Å². The molecule has 0 aliphatic rings. The Hall–Kier alpha value is -3.07. The maximum absolute atomic E-state index is 5.98. The molecule has 0 bridgehead atoms. The minimum absolute atomic E-state index is 0.315. The number of hydrogen-bond acceptors (Lipinski definition) is 8. The van der Waals surface area contributed by atoms with Gasteiger partial charge in [0.1, 0.15) is 18.5 Å². The molecule has 0 aromatic carbocycles. The van der Waals surface area contributed by atoms with Crippen molar-refractivity contribution in [3.05, 3.63) is 41.7 Å². The van der Waals surface area contributed by atoms with Crippen LogP contribution in [0.5, 0.6) is 0 Å². The van der Waals surface area contributed by atoms with Crippen molar-refractivity contribution in [2.75, 3.05) is 11.1 Å². The fourth-order valence-corrected chi connectivity index (χ4v) is 2.67. The van der Waals surface area contributed by atoms with Crippen LogP contribution in [0.25, 0.3) is 16.9 Å². The molecule has 4 aromatic rings. The molecule has 8 nitrogen and oxygen atoms in total. The highest BCUT2D eigenvalue weighted by Gasteiger charge is 2.13. The Bertz CT molecular complexity index is 916. The van der Waals surface area contributed by atoms with Crippen molar-refractivity contribution < 1.29 is 0 Å². The van der Waals surface area contributed by atoms with Gasteiger partial charge in [0.2, 0.25) is 5.95 Å². The van der Waals surface area contributed by atoms with Crippen LogP contribution in [0, 0.1) is 0 Å². The van der Waals surface area contributed by atoms with Crippen LogP contribution in [-0.4, -0.2) is 29.5 Å². The third-order valence-electron chi connectivity index (χ3n) is 3.03. The molecule has 4 aromatic heterocycles. The van der Waals surface area contributed by atoms with E-state index in [0.29, 0.717) is 28.7 Å². The topological polar surface area (TPSA) is 107 Å². The molecule has 0 fully saturated rings. The van der Waals surface area contributed by atoms with Crippen LogP contribution in [0.4, 0.5) is 17.6 Å². The fourth-order valence-electron chi connectivity index (χ4n) is 2.04.